The zero-order chi connectivity index (χ0) is 19.2. The Morgan fingerprint density at radius 3 is 2.41 bits per heavy atom. The van der Waals surface area contributed by atoms with Gasteiger partial charge in [0.1, 0.15) is 11.3 Å². The van der Waals surface area contributed by atoms with Gasteiger partial charge in [0.15, 0.2) is 6.61 Å². The van der Waals surface area contributed by atoms with Crippen molar-refractivity contribution in [3.05, 3.63) is 65.2 Å². The van der Waals surface area contributed by atoms with Gasteiger partial charge in [-0.25, -0.2) is 4.79 Å². The smallest absolute Gasteiger partial charge is 0.342 e. The highest BCUT2D eigenvalue weighted by Gasteiger charge is 2.22. The minimum Gasteiger partial charge on any atom is -0.507 e. The fourth-order valence-electron chi connectivity index (χ4n) is 3.11. The summed E-state index contributed by atoms with van der Waals surface area (Å²) in [4.78, 5) is 28.4. The second kappa shape index (κ2) is 8.68. The minimum atomic E-state index is -0.691. The van der Waals surface area contributed by atoms with Crippen LogP contribution >= 0.6 is 0 Å². The topological polar surface area (TPSA) is 70.1 Å². The van der Waals surface area contributed by atoms with Gasteiger partial charge in [0.2, 0.25) is 0 Å². The summed E-state index contributed by atoms with van der Waals surface area (Å²) in [5.74, 6) is -1.04. The molecule has 0 aromatic heterocycles. The number of phenolic OH excluding ortho intramolecular Hbond substituents is 1. The molecule has 0 radical (unpaired) electrons. The Balaban J connectivity index is 1.45. The van der Waals surface area contributed by atoms with Gasteiger partial charge in [-0.2, -0.15) is 0 Å². The van der Waals surface area contributed by atoms with Crippen molar-refractivity contribution in [2.45, 2.75) is 13.5 Å². The largest absolute Gasteiger partial charge is 0.507 e. The van der Waals surface area contributed by atoms with Crippen molar-refractivity contribution in [3.63, 3.8) is 0 Å². The Labute approximate surface area is 159 Å². The Kier molecular flexibility index (Phi) is 6.08. The van der Waals surface area contributed by atoms with Gasteiger partial charge in [0.25, 0.3) is 5.91 Å². The van der Waals surface area contributed by atoms with Crippen LogP contribution in [0.15, 0.2) is 48.5 Å². The normalized spacial score (nSPS) is 14.8. The van der Waals surface area contributed by atoms with Crippen LogP contribution in [-0.4, -0.2) is 59.6 Å². The first kappa shape index (κ1) is 18.9. The molecule has 142 valence electrons. The second-order valence-corrected chi connectivity index (χ2v) is 6.74. The van der Waals surface area contributed by atoms with Crippen molar-refractivity contribution in [1.29, 1.82) is 0 Å². The van der Waals surface area contributed by atoms with E-state index in [1.807, 2.05) is 25.1 Å². The van der Waals surface area contributed by atoms with Gasteiger partial charge in [0.05, 0.1) is 0 Å². The van der Waals surface area contributed by atoms with Gasteiger partial charge in [-0.05, 0) is 30.2 Å². The predicted molar refractivity (Wildman–Crippen MR) is 101 cm³/mol. The van der Waals surface area contributed by atoms with E-state index in [1.165, 1.54) is 17.7 Å². The third-order valence-electron chi connectivity index (χ3n) is 4.67. The van der Waals surface area contributed by atoms with E-state index in [-0.39, 0.29) is 23.8 Å². The van der Waals surface area contributed by atoms with Crippen LogP contribution in [-0.2, 0) is 16.1 Å². The Morgan fingerprint density at radius 1 is 1.04 bits per heavy atom. The van der Waals surface area contributed by atoms with Gasteiger partial charge in [-0.1, -0.05) is 36.4 Å². The van der Waals surface area contributed by atoms with Crippen LogP contribution in [0.1, 0.15) is 21.5 Å². The van der Waals surface area contributed by atoms with E-state index in [9.17, 15) is 14.7 Å². The van der Waals surface area contributed by atoms with Gasteiger partial charge in [-0.15, -0.1) is 0 Å². The first-order valence-electron chi connectivity index (χ1n) is 9.04. The Morgan fingerprint density at radius 2 is 1.74 bits per heavy atom. The van der Waals surface area contributed by atoms with Crippen LogP contribution in [0.4, 0.5) is 0 Å². The third kappa shape index (κ3) is 5.08. The number of piperazine rings is 1. The van der Waals surface area contributed by atoms with Crippen molar-refractivity contribution in [2.75, 3.05) is 32.8 Å². The number of ether oxygens (including phenoxy) is 1. The molecule has 1 heterocycles. The second-order valence-electron chi connectivity index (χ2n) is 6.74. The summed E-state index contributed by atoms with van der Waals surface area (Å²) in [6.07, 6.45) is 0. The van der Waals surface area contributed by atoms with Crippen LogP contribution in [0, 0.1) is 6.92 Å². The fourth-order valence-corrected chi connectivity index (χ4v) is 3.11. The number of aromatic hydroxyl groups is 1. The number of nitrogens with zero attached hydrogens (tertiary/aromatic N) is 2. The fraction of sp³-hybridized carbons (Fsp3) is 0.333. The van der Waals surface area contributed by atoms with Crippen LogP contribution < -0.4 is 0 Å². The monoisotopic (exact) mass is 368 g/mol. The van der Waals surface area contributed by atoms with E-state index in [0.717, 1.165) is 25.2 Å². The number of carbonyl (C=O) groups is 2. The van der Waals surface area contributed by atoms with Crippen LogP contribution in [0.25, 0.3) is 0 Å². The maximum Gasteiger partial charge on any atom is 0.342 e. The summed E-state index contributed by atoms with van der Waals surface area (Å²) in [6.45, 7) is 5.16. The van der Waals surface area contributed by atoms with E-state index in [0.29, 0.717) is 13.1 Å². The quantitative estimate of drug-likeness (QED) is 0.820. The van der Waals surface area contributed by atoms with E-state index >= 15 is 0 Å². The van der Waals surface area contributed by atoms with Crippen LogP contribution in [0.5, 0.6) is 5.75 Å². The maximum atomic E-state index is 12.3. The van der Waals surface area contributed by atoms with Crippen molar-refractivity contribution in [1.82, 2.24) is 9.80 Å². The molecule has 27 heavy (non-hydrogen) atoms. The highest BCUT2D eigenvalue weighted by molar-refractivity contribution is 5.93. The highest BCUT2D eigenvalue weighted by atomic mass is 16.5. The molecule has 1 N–H and O–H groups in total. The third-order valence-corrected chi connectivity index (χ3v) is 4.67. The van der Waals surface area contributed by atoms with E-state index in [1.54, 1.807) is 11.0 Å². The zero-order valence-corrected chi connectivity index (χ0v) is 15.4. The van der Waals surface area contributed by atoms with Gasteiger partial charge in [-0.3, -0.25) is 9.69 Å². The standard InChI is InChI=1S/C21H24N2O4/c1-16-7-8-18(19(24)13-16)21(26)27-15-20(25)23-11-9-22(10-12-23)14-17-5-3-2-4-6-17/h2-8,13,24H,9-12,14-15H2,1H3. The lowest BCUT2D eigenvalue weighted by molar-refractivity contribution is -0.136. The molecule has 0 bridgehead atoms. The molecule has 0 unspecified atom stereocenters. The summed E-state index contributed by atoms with van der Waals surface area (Å²) in [5.41, 5.74) is 2.17. The highest BCUT2D eigenvalue weighted by Crippen LogP contribution is 2.19. The first-order chi connectivity index (χ1) is 13.0. The molecule has 3 rings (SSSR count). The number of benzene rings is 2. The van der Waals surface area contributed by atoms with Gasteiger partial charge in [0, 0.05) is 32.7 Å². The molecule has 0 aliphatic carbocycles. The van der Waals surface area contributed by atoms with Crippen molar-refractivity contribution in [2.24, 2.45) is 0 Å². The van der Waals surface area contributed by atoms with Crippen LogP contribution in [0.2, 0.25) is 0 Å². The summed E-state index contributed by atoms with van der Waals surface area (Å²) in [5, 5.41) is 9.82. The van der Waals surface area contributed by atoms with Gasteiger partial charge >= 0.3 is 5.97 Å². The SMILES string of the molecule is Cc1ccc(C(=O)OCC(=O)N2CCN(Cc3ccccc3)CC2)c(O)c1. The molecule has 1 aliphatic heterocycles. The lowest BCUT2D eigenvalue weighted by atomic mass is 10.1. The van der Waals surface area contributed by atoms with E-state index in [4.69, 9.17) is 4.74 Å². The number of hydrogen-bond acceptors (Lipinski definition) is 5. The first-order valence-corrected chi connectivity index (χ1v) is 9.04. The average molecular weight is 368 g/mol. The molecule has 1 saturated heterocycles. The number of amides is 1. The molecule has 0 atom stereocenters. The van der Waals surface area contributed by atoms with Crippen molar-refractivity contribution >= 4 is 11.9 Å². The number of aryl methyl sites for hydroxylation is 1. The zero-order valence-electron chi connectivity index (χ0n) is 15.4. The molecular weight excluding hydrogens is 344 g/mol. The average Bonchev–Trinajstić information content (AvgIpc) is 2.67. The van der Waals surface area contributed by atoms with E-state index < -0.39 is 5.97 Å². The van der Waals surface area contributed by atoms with Crippen LogP contribution in [0.3, 0.4) is 0 Å². The van der Waals surface area contributed by atoms with Gasteiger partial charge < -0.3 is 14.7 Å². The summed E-state index contributed by atoms with van der Waals surface area (Å²) in [7, 11) is 0. The van der Waals surface area contributed by atoms with Crippen molar-refractivity contribution < 1.29 is 19.4 Å². The molecule has 1 amide bonds. The number of phenols is 1. The number of esters is 1. The summed E-state index contributed by atoms with van der Waals surface area (Å²) >= 11 is 0. The molecule has 6 nitrogen and oxygen atoms in total. The maximum absolute atomic E-state index is 12.3. The minimum absolute atomic E-state index is 0.0704. The number of hydrogen-bond donors (Lipinski definition) is 1. The number of carbonyl (C=O) groups excluding carboxylic acids is 2. The molecule has 1 fully saturated rings. The molecule has 0 saturated carbocycles. The lowest BCUT2D eigenvalue weighted by Crippen LogP contribution is -2.49. The molecule has 1 aliphatic rings. The Bertz CT molecular complexity index is 799. The summed E-state index contributed by atoms with van der Waals surface area (Å²) in [6, 6.07) is 14.9. The molecule has 0 spiro atoms. The van der Waals surface area contributed by atoms with E-state index in [2.05, 4.69) is 17.0 Å². The Hall–Kier alpha value is -2.86. The lowest BCUT2D eigenvalue weighted by Gasteiger charge is -2.34. The van der Waals surface area contributed by atoms with Crippen molar-refractivity contribution in [3.8, 4) is 5.75 Å². The summed E-state index contributed by atoms with van der Waals surface area (Å²) < 4.78 is 5.08. The molecule has 6 heteroatoms. The number of rotatable bonds is 5. The molecule has 2 aromatic rings. The molecule has 2 aromatic carbocycles. The molecular formula is C21H24N2O4. The predicted octanol–water partition coefficient (Wildman–Crippen LogP) is 2.20.